The first-order chi connectivity index (χ1) is 16.2. The van der Waals surface area contributed by atoms with E-state index in [1.807, 2.05) is 52.8 Å². The molecule has 0 unspecified atom stereocenters. The van der Waals surface area contributed by atoms with Crippen molar-refractivity contribution in [2.45, 2.75) is 24.1 Å². The molecule has 33 heavy (non-hydrogen) atoms. The average molecular weight is 457 g/mol. The first kappa shape index (κ1) is 20.2. The van der Waals surface area contributed by atoms with Crippen molar-refractivity contribution in [1.29, 1.82) is 0 Å². The second-order valence-electron chi connectivity index (χ2n) is 8.28. The molecule has 0 saturated heterocycles. The molecule has 0 bridgehead atoms. The number of thioether (sulfide) groups is 1. The molecule has 1 aliphatic carbocycles. The van der Waals surface area contributed by atoms with Gasteiger partial charge in [0, 0.05) is 28.1 Å². The molecule has 0 amide bonds. The van der Waals surface area contributed by atoms with Crippen LogP contribution in [0.4, 0.5) is 4.39 Å². The Hall–Kier alpha value is -3.45. The summed E-state index contributed by atoms with van der Waals surface area (Å²) < 4.78 is 21.7. The molecule has 5 aromatic rings. The van der Waals surface area contributed by atoms with Gasteiger partial charge >= 0.3 is 0 Å². The van der Waals surface area contributed by atoms with E-state index >= 15 is 0 Å². The number of aromatic nitrogens is 4. The van der Waals surface area contributed by atoms with Gasteiger partial charge in [-0.3, -0.25) is 4.68 Å². The van der Waals surface area contributed by atoms with Crippen LogP contribution in [0, 0.1) is 5.82 Å². The Kier molecular flexibility index (Phi) is 4.99. The third kappa shape index (κ3) is 3.62. The summed E-state index contributed by atoms with van der Waals surface area (Å²) in [7, 11) is 0. The summed E-state index contributed by atoms with van der Waals surface area (Å²) >= 11 is 1.90. The Bertz CT molecular complexity index is 1420. The summed E-state index contributed by atoms with van der Waals surface area (Å²) in [5.74, 6) is 0.471. The van der Waals surface area contributed by atoms with Gasteiger partial charge in [0.05, 0.1) is 17.1 Å². The number of furan rings is 1. The van der Waals surface area contributed by atoms with Gasteiger partial charge in [-0.15, -0.1) is 0 Å². The molecule has 3 heterocycles. The van der Waals surface area contributed by atoms with E-state index in [1.54, 1.807) is 12.1 Å². The van der Waals surface area contributed by atoms with Crippen LogP contribution in [0.3, 0.4) is 0 Å². The van der Waals surface area contributed by atoms with Crippen LogP contribution in [-0.2, 0) is 0 Å². The fourth-order valence-corrected chi connectivity index (χ4v) is 5.16. The van der Waals surface area contributed by atoms with Gasteiger partial charge in [0.25, 0.3) is 0 Å². The summed E-state index contributed by atoms with van der Waals surface area (Å²) in [6.45, 7) is 0. The number of hydrogen-bond acceptors (Lipinski definition) is 5. The van der Waals surface area contributed by atoms with Gasteiger partial charge in [0.2, 0.25) is 5.71 Å². The molecule has 1 aliphatic rings. The van der Waals surface area contributed by atoms with E-state index < -0.39 is 0 Å². The molecule has 6 rings (SSSR count). The third-order valence-electron chi connectivity index (χ3n) is 6.27. The maximum absolute atomic E-state index is 13.6. The van der Waals surface area contributed by atoms with Gasteiger partial charge < -0.3 is 4.42 Å². The molecule has 164 valence electrons. The fourth-order valence-electron chi connectivity index (χ4n) is 4.33. The molecular formula is C26H21FN4OS. The Morgan fingerprint density at radius 2 is 1.76 bits per heavy atom. The molecule has 0 radical (unpaired) electrons. The lowest BCUT2D eigenvalue weighted by Gasteiger charge is -2.34. The van der Waals surface area contributed by atoms with E-state index in [-0.39, 0.29) is 5.82 Å². The Labute approximate surface area is 194 Å². The largest absolute Gasteiger partial charge is 0.438 e. The molecule has 0 aliphatic heterocycles. The lowest BCUT2D eigenvalue weighted by Crippen LogP contribution is -2.28. The average Bonchev–Trinajstić information content (AvgIpc) is 3.44. The van der Waals surface area contributed by atoms with Crippen LogP contribution in [0.5, 0.6) is 0 Å². The first-order valence-electron chi connectivity index (χ1n) is 10.9. The molecule has 1 saturated carbocycles. The molecule has 7 heteroatoms. The topological polar surface area (TPSA) is 56.7 Å². The Balaban J connectivity index is 1.50. The van der Waals surface area contributed by atoms with Crippen molar-refractivity contribution in [3.63, 3.8) is 0 Å². The lowest BCUT2D eigenvalue weighted by atomic mass is 9.92. The Morgan fingerprint density at radius 1 is 0.970 bits per heavy atom. The van der Waals surface area contributed by atoms with Crippen molar-refractivity contribution in [2.24, 2.45) is 0 Å². The minimum Gasteiger partial charge on any atom is -0.438 e. The molecule has 3 aromatic heterocycles. The van der Waals surface area contributed by atoms with Crippen molar-refractivity contribution < 1.29 is 8.81 Å². The van der Waals surface area contributed by atoms with E-state index in [0.29, 0.717) is 17.0 Å². The van der Waals surface area contributed by atoms with Crippen LogP contribution in [0.15, 0.2) is 77.6 Å². The van der Waals surface area contributed by atoms with E-state index in [1.165, 1.54) is 18.5 Å². The van der Waals surface area contributed by atoms with Gasteiger partial charge in [-0.25, -0.2) is 14.4 Å². The van der Waals surface area contributed by atoms with Crippen molar-refractivity contribution in [3.8, 4) is 33.8 Å². The molecule has 2 aromatic carbocycles. The predicted molar refractivity (Wildman–Crippen MR) is 129 cm³/mol. The zero-order valence-corrected chi connectivity index (χ0v) is 18.8. The van der Waals surface area contributed by atoms with Crippen molar-refractivity contribution in [1.82, 2.24) is 19.7 Å². The summed E-state index contributed by atoms with van der Waals surface area (Å²) in [4.78, 5) is 8.99. The zero-order chi connectivity index (χ0) is 22.4. The van der Waals surface area contributed by atoms with E-state index in [0.717, 1.165) is 52.1 Å². The van der Waals surface area contributed by atoms with Crippen molar-refractivity contribution >= 4 is 22.9 Å². The second-order valence-corrected chi connectivity index (χ2v) is 9.42. The third-order valence-corrected chi connectivity index (χ3v) is 7.32. The van der Waals surface area contributed by atoms with Crippen molar-refractivity contribution in [2.75, 3.05) is 6.26 Å². The Morgan fingerprint density at radius 3 is 2.52 bits per heavy atom. The fraction of sp³-hybridized carbons (Fsp3) is 0.192. The van der Waals surface area contributed by atoms with Crippen LogP contribution in [-0.4, -0.2) is 31.3 Å². The predicted octanol–water partition coefficient (Wildman–Crippen LogP) is 6.63. The summed E-state index contributed by atoms with van der Waals surface area (Å²) in [6.07, 6.45) is 7.92. The molecular weight excluding hydrogens is 435 g/mol. The summed E-state index contributed by atoms with van der Waals surface area (Å²) in [5, 5.41) is 6.44. The summed E-state index contributed by atoms with van der Waals surface area (Å²) in [5.41, 5.74) is 4.80. The van der Waals surface area contributed by atoms with Crippen LogP contribution in [0.25, 0.3) is 44.9 Å². The maximum atomic E-state index is 13.6. The van der Waals surface area contributed by atoms with Crippen LogP contribution in [0.1, 0.15) is 18.9 Å². The van der Waals surface area contributed by atoms with Crippen LogP contribution >= 0.6 is 11.8 Å². The zero-order valence-electron chi connectivity index (χ0n) is 18.0. The van der Waals surface area contributed by atoms with Gasteiger partial charge in [-0.2, -0.15) is 16.9 Å². The van der Waals surface area contributed by atoms with E-state index in [4.69, 9.17) is 9.52 Å². The highest BCUT2D eigenvalue weighted by Gasteiger charge is 2.32. The monoisotopic (exact) mass is 456 g/mol. The number of fused-ring (bicyclic) bond motifs is 1. The number of halogens is 1. The minimum absolute atomic E-state index is 0.270. The van der Waals surface area contributed by atoms with Crippen molar-refractivity contribution in [3.05, 3.63) is 79.0 Å². The lowest BCUT2D eigenvalue weighted by molar-refractivity contribution is 0.301. The number of benzene rings is 2. The van der Waals surface area contributed by atoms with Gasteiger partial charge in [0.15, 0.2) is 0 Å². The molecule has 5 nitrogen and oxygen atoms in total. The highest BCUT2D eigenvalue weighted by Crippen LogP contribution is 2.42. The number of rotatable bonds is 5. The number of nitrogens with zero attached hydrogens (tertiary/aromatic N) is 4. The molecule has 0 N–H and O–H groups in total. The minimum atomic E-state index is -0.270. The SMILES string of the molecule is CSC1CC(n2cc(-c3ncnc4oc(-c5ccccc5)cc34)c(-c3ccc(F)cc3)n2)C1. The maximum Gasteiger partial charge on any atom is 0.230 e. The first-order valence-corrected chi connectivity index (χ1v) is 12.2. The van der Waals surface area contributed by atoms with Gasteiger partial charge in [-0.1, -0.05) is 30.3 Å². The number of hydrogen-bond donors (Lipinski definition) is 0. The van der Waals surface area contributed by atoms with Gasteiger partial charge in [0.1, 0.15) is 23.6 Å². The standard InChI is InChI=1S/C26H21FN4OS/c1-33-20-11-19(12-20)31-14-22(24(30-31)17-7-9-18(27)10-8-17)25-21-13-23(16-5-3-2-4-6-16)32-26(21)29-15-28-25/h2-10,13-15,19-20H,11-12H2,1H3. The van der Waals surface area contributed by atoms with E-state index in [9.17, 15) is 4.39 Å². The van der Waals surface area contributed by atoms with Gasteiger partial charge in [-0.05, 0) is 49.4 Å². The second kappa shape index (κ2) is 8.15. The van der Waals surface area contributed by atoms with Crippen LogP contribution in [0.2, 0.25) is 0 Å². The quantitative estimate of drug-likeness (QED) is 0.297. The van der Waals surface area contributed by atoms with Crippen LogP contribution < -0.4 is 0 Å². The normalized spacial score (nSPS) is 17.9. The molecule has 0 atom stereocenters. The molecule has 1 fully saturated rings. The summed E-state index contributed by atoms with van der Waals surface area (Å²) in [6, 6.07) is 18.7. The van der Waals surface area contributed by atoms with E-state index in [2.05, 4.69) is 22.4 Å². The smallest absolute Gasteiger partial charge is 0.230 e. The molecule has 0 spiro atoms. The highest BCUT2D eigenvalue weighted by molar-refractivity contribution is 7.99. The highest BCUT2D eigenvalue weighted by atomic mass is 32.2.